The van der Waals surface area contributed by atoms with Gasteiger partial charge in [-0.15, -0.1) is 0 Å². The maximum Gasteiger partial charge on any atom is 0.251 e. The van der Waals surface area contributed by atoms with Crippen LogP contribution in [-0.2, 0) is 4.79 Å². The van der Waals surface area contributed by atoms with E-state index in [9.17, 15) is 4.79 Å². The van der Waals surface area contributed by atoms with Gasteiger partial charge in [0.25, 0.3) is 5.91 Å². The SMILES string of the molecule is CC(C)=C(C)C(=O)N1CNCNC1. The van der Waals surface area contributed by atoms with Crippen LogP contribution in [0.1, 0.15) is 20.8 Å². The second kappa shape index (κ2) is 4.39. The largest absolute Gasteiger partial charge is 0.313 e. The highest BCUT2D eigenvalue weighted by Gasteiger charge is 2.17. The third-order valence-corrected chi connectivity index (χ3v) is 2.21. The Bertz CT molecular complexity index is 225. The molecule has 2 N–H and O–H groups in total. The van der Waals surface area contributed by atoms with Crippen molar-refractivity contribution in [3.8, 4) is 0 Å². The molecule has 0 aliphatic carbocycles. The Kier molecular flexibility index (Phi) is 3.45. The lowest BCUT2D eigenvalue weighted by Gasteiger charge is -2.28. The van der Waals surface area contributed by atoms with E-state index in [1.165, 1.54) is 0 Å². The fraction of sp³-hybridized carbons (Fsp3) is 0.667. The fourth-order valence-corrected chi connectivity index (χ4v) is 1.12. The van der Waals surface area contributed by atoms with Crippen molar-refractivity contribution in [2.24, 2.45) is 0 Å². The molecule has 1 aliphatic rings. The average molecular weight is 183 g/mol. The number of nitrogens with one attached hydrogen (secondary N) is 2. The van der Waals surface area contributed by atoms with Gasteiger partial charge in [-0.3, -0.25) is 15.4 Å². The van der Waals surface area contributed by atoms with E-state index in [2.05, 4.69) is 10.6 Å². The number of rotatable bonds is 1. The summed E-state index contributed by atoms with van der Waals surface area (Å²) in [6.07, 6.45) is 0. The van der Waals surface area contributed by atoms with Crippen LogP contribution in [0.5, 0.6) is 0 Å². The van der Waals surface area contributed by atoms with Crippen LogP contribution >= 0.6 is 0 Å². The Morgan fingerprint density at radius 3 is 2.15 bits per heavy atom. The highest BCUT2D eigenvalue weighted by molar-refractivity contribution is 5.93. The third kappa shape index (κ3) is 2.54. The van der Waals surface area contributed by atoms with Crippen LogP contribution in [0.3, 0.4) is 0 Å². The van der Waals surface area contributed by atoms with Crippen LogP contribution < -0.4 is 10.6 Å². The number of hydrogen-bond acceptors (Lipinski definition) is 3. The molecule has 0 spiro atoms. The topological polar surface area (TPSA) is 44.4 Å². The molecule has 74 valence electrons. The predicted octanol–water partition coefficient (Wildman–Crippen LogP) is 0.237. The molecule has 0 unspecified atom stereocenters. The Morgan fingerprint density at radius 1 is 1.15 bits per heavy atom. The van der Waals surface area contributed by atoms with E-state index >= 15 is 0 Å². The van der Waals surface area contributed by atoms with Crippen molar-refractivity contribution in [3.63, 3.8) is 0 Å². The van der Waals surface area contributed by atoms with Gasteiger partial charge in [-0.05, 0) is 20.8 Å². The summed E-state index contributed by atoms with van der Waals surface area (Å²) >= 11 is 0. The highest BCUT2D eigenvalue weighted by Crippen LogP contribution is 2.06. The summed E-state index contributed by atoms with van der Waals surface area (Å²) in [5, 5.41) is 6.16. The molecular formula is C9H17N3O. The maximum absolute atomic E-state index is 11.7. The quantitative estimate of drug-likeness (QED) is 0.572. The summed E-state index contributed by atoms with van der Waals surface area (Å²) in [6, 6.07) is 0. The van der Waals surface area contributed by atoms with Crippen molar-refractivity contribution < 1.29 is 4.79 Å². The lowest BCUT2D eigenvalue weighted by molar-refractivity contribution is -0.128. The Morgan fingerprint density at radius 2 is 1.69 bits per heavy atom. The van der Waals surface area contributed by atoms with Crippen molar-refractivity contribution in [3.05, 3.63) is 11.1 Å². The fourth-order valence-electron chi connectivity index (χ4n) is 1.12. The molecule has 13 heavy (non-hydrogen) atoms. The van der Waals surface area contributed by atoms with Gasteiger partial charge >= 0.3 is 0 Å². The van der Waals surface area contributed by atoms with Crippen LogP contribution in [0, 0.1) is 0 Å². The van der Waals surface area contributed by atoms with Crippen LogP contribution in [0.25, 0.3) is 0 Å². The van der Waals surface area contributed by atoms with Gasteiger partial charge in [0, 0.05) is 12.2 Å². The predicted molar refractivity (Wildman–Crippen MR) is 51.8 cm³/mol. The summed E-state index contributed by atoms with van der Waals surface area (Å²) in [5.74, 6) is 0.111. The van der Waals surface area contributed by atoms with E-state index in [-0.39, 0.29) is 5.91 Å². The zero-order chi connectivity index (χ0) is 9.84. The van der Waals surface area contributed by atoms with E-state index in [1.807, 2.05) is 20.8 Å². The number of hydrogen-bond donors (Lipinski definition) is 2. The van der Waals surface area contributed by atoms with Gasteiger partial charge in [0.05, 0.1) is 13.3 Å². The van der Waals surface area contributed by atoms with E-state index in [1.54, 1.807) is 4.90 Å². The van der Waals surface area contributed by atoms with E-state index in [0.717, 1.165) is 17.8 Å². The minimum atomic E-state index is 0.111. The number of allylic oxidation sites excluding steroid dienone is 1. The summed E-state index contributed by atoms with van der Waals surface area (Å²) in [6.45, 7) is 7.83. The molecule has 1 amide bonds. The average Bonchev–Trinajstić information content (AvgIpc) is 2.17. The zero-order valence-electron chi connectivity index (χ0n) is 8.48. The maximum atomic E-state index is 11.7. The molecule has 0 radical (unpaired) electrons. The number of carbonyl (C=O) groups excluding carboxylic acids is 1. The van der Waals surface area contributed by atoms with Crippen molar-refractivity contribution in [1.82, 2.24) is 15.5 Å². The van der Waals surface area contributed by atoms with Crippen molar-refractivity contribution in [1.29, 1.82) is 0 Å². The van der Waals surface area contributed by atoms with E-state index in [4.69, 9.17) is 0 Å². The first-order chi connectivity index (χ1) is 6.13. The Hall–Kier alpha value is -0.870. The first-order valence-electron chi connectivity index (χ1n) is 4.47. The van der Waals surface area contributed by atoms with Gasteiger partial charge in [0.15, 0.2) is 0 Å². The molecule has 0 aromatic heterocycles. The monoisotopic (exact) mass is 183 g/mol. The van der Waals surface area contributed by atoms with Crippen LogP contribution in [0.2, 0.25) is 0 Å². The Labute approximate surface area is 79.0 Å². The summed E-state index contributed by atoms with van der Waals surface area (Å²) in [7, 11) is 0. The van der Waals surface area contributed by atoms with E-state index < -0.39 is 0 Å². The van der Waals surface area contributed by atoms with Crippen LogP contribution in [0.4, 0.5) is 0 Å². The molecule has 0 aromatic rings. The smallest absolute Gasteiger partial charge is 0.251 e. The highest BCUT2D eigenvalue weighted by atomic mass is 16.2. The molecule has 0 atom stereocenters. The summed E-state index contributed by atoms with van der Waals surface area (Å²) in [5.41, 5.74) is 1.92. The van der Waals surface area contributed by atoms with Gasteiger partial charge in [-0.2, -0.15) is 0 Å². The third-order valence-electron chi connectivity index (χ3n) is 2.21. The minimum absolute atomic E-state index is 0.111. The van der Waals surface area contributed by atoms with Gasteiger partial charge in [-0.1, -0.05) is 5.57 Å². The second-order valence-corrected chi connectivity index (χ2v) is 3.46. The number of nitrogens with zero attached hydrogens (tertiary/aromatic N) is 1. The van der Waals surface area contributed by atoms with Crippen molar-refractivity contribution in [2.45, 2.75) is 20.8 Å². The number of amides is 1. The van der Waals surface area contributed by atoms with Crippen LogP contribution in [-0.4, -0.2) is 30.8 Å². The molecule has 1 heterocycles. The van der Waals surface area contributed by atoms with E-state index in [0.29, 0.717) is 13.3 Å². The normalized spacial score (nSPS) is 17.0. The molecule has 1 rings (SSSR count). The minimum Gasteiger partial charge on any atom is -0.313 e. The molecule has 1 aliphatic heterocycles. The molecule has 1 saturated heterocycles. The number of carbonyl (C=O) groups is 1. The molecule has 1 fully saturated rings. The molecular weight excluding hydrogens is 166 g/mol. The first kappa shape index (κ1) is 10.2. The standard InChI is InChI=1S/C9H17N3O/c1-7(2)8(3)9(13)12-5-10-4-11-6-12/h10-11H,4-6H2,1-3H3. The summed E-state index contributed by atoms with van der Waals surface area (Å²) < 4.78 is 0. The van der Waals surface area contributed by atoms with Gasteiger partial charge in [-0.25, -0.2) is 0 Å². The molecule has 0 aromatic carbocycles. The molecule has 4 nitrogen and oxygen atoms in total. The summed E-state index contributed by atoms with van der Waals surface area (Å²) in [4.78, 5) is 13.5. The molecule has 0 bridgehead atoms. The van der Waals surface area contributed by atoms with Gasteiger partial charge < -0.3 is 4.90 Å². The second-order valence-electron chi connectivity index (χ2n) is 3.46. The van der Waals surface area contributed by atoms with Crippen molar-refractivity contribution >= 4 is 5.91 Å². The van der Waals surface area contributed by atoms with Crippen molar-refractivity contribution in [2.75, 3.05) is 20.0 Å². The lowest BCUT2D eigenvalue weighted by Crippen LogP contribution is -2.53. The lowest BCUT2D eigenvalue weighted by atomic mass is 10.1. The van der Waals surface area contributed by atoms with Gasteiger partial charge in [0.1, 0.15) is 0 Å². The zero-order valence-corrected chi connectivity index (χ0v) is 8.48. The van der Waals surface area contributed by atoms with Crippen LogP contribution in [0.15, 0.2) is 11.1 Å². The molecule has 0 saturated carbocycles. The Balaban J connectivity index is 2.61. The van der Waals surface area contributed by atoms with Gasteiger partial charge in [0.2, 0.25) is 0 Å². The first-order valence-corrected chi connectivity index (χ1v) is 4.47. The molecule has 4 heteroatoms.